The van der Waals surface area contributed by atoms with Gasteiger partial charge >= 0.3 is 11.9 Å². The summed E-state index contributed by atoms with van der Waals surface area (Å²) in [6, 6.07) is 0. The van der Waals surface area contributed by atoms with Crippen molar-refractivity contribution in [2.75, 3.05) is 20.3 Å². The minimum absolute atomic E-state index is 0.104. The average Bonchev–Trinajstić information content (AvgIpc) is 3.19. The Bertz CT molecular complexity index is 374. The number of rotatable bonds is 6. The Morgan fingerprint density at radius 2 is 2.00 bits per heavy atom. The Morgan fingerprint density at radius 3 is 2.13 bits per heavy atom. The van der Waals surface area contributed by atoms with Gasteiger partial charge in [-0.3, -0.25) is 14.4 Å². The number of Topliss-reactive ketones (excluding diaryl/α,β-unsaturated/α-hetero) is 1. The van der Waals surface area contributed by atoms with Crippen LogP contribution in [0.3, 0.4) is 0 Å². The van der Waals surface area contributed by atoms with Gasteiger partial charge in [-0.15, -0.1) is 0 Å². The second-order valence-corrected chi connectivity index (χ2v) is 5.27. The van der Waals surface area contributed by atoms with Crippen molar-refractivity contribution in [3.8, 4) is 0 Å². The van der Waals surface area contributed by atoms with Crippen molar-refractivity contribution in [1.82, 2.24) is 0 Å². The molecule has 2 aliphatic rings. The van der Waals surface area contributed by atoms with Crippen LogP contribution in [0.15, 0.2) is 0 Å². The molecule has 0 bridgehead atoms. The van der Waals surface area contributed by atoms with Crippen molar-refractivity contribution in [2.45, 2.75) is 57.8 Å². The lowest BCUT2D eigenvalue weighted by Gasteiger charge is -2.07. The smallest absolute Gasteiger partial charge is 0.308 e. The van der Waals surface area contributed by atoms with Crippen LogP contribution in [-0.2, 0) is 28.6 Å². The van der Waals surface area contributed by atoms with Crippen LogP contribution in [0, 0.1) is 0 Å². The molecule has 1 unspecified atom stereocenters. The molecule has 0 spiro atoms. The van der Waals surface area contributed by atoms with E-state index in [1.165, 1.54) is 7.11 Å². The molecule has 2 aliphatic heterocycles. The molecule has 23 heavy (non-hydrogen) atoms. The first kappa shape index (κ1) is 21.5. The summed E-state index contributed by atoms with van der Waals surface area (Å²) >= 11 is 0. The number of ether oxygens (including phenoxy) is 3. The SMILES string of the molecule is CC(=O)C[C@H]1CO1.CCC(CC(=O)O)OC.O=C1C[C@H](O)CO1. The summed E-state index contributed by atoms with van der Waals surface area (Å²) in [5, 5.41) is 16.8. The van der Waals surface area contributed by atoms with E-state index in [4.69, 9.17) is 19.7 Å². The third-order valence-electron chi connectivity index (χ3n) is 2.95. The normalized spacial score (nSPS) is 22.7. The summed E-state index contributed by atoms with van der Waals surface area (Å²) in [6.07, 6.45) is 1.24. The van der Waals surface area contributed by atoms with Crippen LogP contribution >= 0.6 is 0 Å². The molecule has 0 aromatic rings. The Hall–Kier alpha value is -1.51. The molecule has 8 heteroatoms. The molecular formula is C15H26O8. The van der Waals surface area contributed by atoms with E-state index in [0.717, 1.165) is 13.0 Å². The summed E-state index contributed by atoms with van der Waals surface area (Å²) in [4.78, 5) is 30.3. The lowest BCUT2D eigenvalue weighted by Crippen LogP contribution is -2.14. The van der Waals surface area contributed by atoms with Gasteiger partial charge in [0, 0.05) is 13.5 Å². The maximum Gasteiger partial charge on any atom is 0.308 e. The summed E-state index contributed by atoms with van der Waals surface area (Å²) in [5.41, 5.74) is 0. The predicted molar refractivity (Wildman–Crippen MR) is 80.0 cm³/mol. The van der Waals surface area contributed by atoms with Crippen LogP contribution in [0.4, 0.5) is 0 Å². The molecule has 0 aromatic carbocycles. The number of epoxide rings is 1. The number of aliphatic hydroxyl groups excluding tert-OH is 1. The van der Waals surface area contributed by atoms with Gasteiger partial charge in [0.05, 0.1) is 37.8 Å². The number of esters is 1. The second-order valence-electron chi connectivity index (χ2n) is 5.27. The highest BCUT2D eigenvalue weighted by Crippen LogP contribution is 2.12. The van der Waals surface area contributed by atoms with Gasteiger partial charge in [0.1, 0.15) is 12.4 Å². The molecule has 2 heterocycles. The van der Waals surface area contributed by atoms with Crippen molar-refractivity contribution >= 4 is 17.7 Å². The fourth-order valence-electron chi connectivity index (χ4n) is 1.59. The number of ketones is 1. The molecule has 3 atom stereocenters. The van der Waals surface area contributed by atoms with Crippen molar-refractivity contribution in [2.24, 2.45) is 0 Å². The Labute approximate surface area is 135 Å². The van der Waals surface area contributed by atoms with E-state index in [9.17, 15) is 14.4 Å². The third-order valence-corrected chi connectivity index (χ3v) is 2.95. The Morgan fingerprint density at radius 1 is 1.39 bits per heavy atom. The van der Waals surface area contributed by atoms with Gasteiger partial charge in [0.15, 0.2) is 0 Å². The first-order valence-electron chi connectivity index (χ1n) is 7.47. The quantitative estimate of drug-likeness (QED) is 0.533. The molecule has 2 saturated heterocycles. The average molecular weight is 334 g/mol. The van der Waals surface area contributed by atoms with Crippen LogP contribution in [0.1, 0.15) is 39.5 Å². The number of hydrogen-bond donors (Lipinski definition) is 2. The minimum Gasteiger partial charge on any atom is -0.481 e. The summed E-state index contributed by atoms with van der Waals surface area (Å²) in [5.74, 6) is -0.876. The number of aliphatic carboxylic acids is 1. The highest BCUT2D eigenvalue weighted by Gasteiger charge is 2.23. The number of carboxylic acids is 1. The lowest BCUT2D eigenvalue weighted by atomic mass is 10.2. The maximum atomic E-state index is 10.2. The predicted octanol–water partition coefficient (Wildman–Crippen LogP) is 0.545. The molecule has 8 nitrogen and oxygen atoms in total. The summed E-state index contributed by atoms with van der Waals surface area (Å²) < 4.78 is 14.0. The lowest BCUT2D eigenvalue weighted by molar-refractivity contribution is -0.140. The van der Waals surface area contributed by atoms with E-state index in [2.05, 4.69) is 4.74 Å². The van der Waals surface area contributed by atoms with Gasteiger partial charge in [0.25, 0.3) is 0 Å². The van der Waals surface area contributed by atoms with Crippen molar-refractivity contribution < 1.29 is 38.8 Å². The number of carbonyl (C=O) groups excluding carboxylic acids is 2. The van der Waals surface area contributed by atoms with E-state index >= 15 is 0 Å². The molecule has 2 fully saturated rings. The first-order chi connectivity index (χ1) is 10.8. The van der Waals surface area contributed by atoms with Crippen molar-refractivity contribution in [3.05, 3.63) is 0 Å². The monoisotopic (exact) mass is 334 g/mol. The first-order valence-corrected chi connectivity index (χ1v) is 7.47. The van der Waals surface area contributed by atoms with Gasteiger partial charge in [-0.25, -0.2) is 0 Å². The number of aliphatic hydroxyl groups is 1. The van der Waals surface area contributed by atoms with E-state index in [-0.39, 0.29) is 43.4 Å². The minimum atomic E-state index is -0.802. The zero-order valence-electron chi connectivity index (χ0n) is 13.8. The van der Waals surface area contributed by atoms with Crippen LogP contribution in [0.5, 0.6) is 0 Å². The molecule has 2 N–H and O–H groups in total. The third kappa shape index (κ3) is 13.8. The van der Waals surface area contributed by atoms with Crippen LogP contribution < -0.4 is 0 Å². The van der Waals surface area contributed by atoms with Crippen molar-refractivity contribution in [1.29, 1.82) is 0 Å². The standard InChI is InChI=1S/C6H12O3.C5H8O2.C4H6O3/c1-3-5(9-2)4-6(7)8;1-4(6)2-5-3-7-5;5-3-1-4(6)7-2-3/h5H,3-4H2,1-2H3,(H,7,8);5H,2-3H2,1H3;3,5H,1-2H2/t;5-;3-/m.00/s1. The highest BCUT2D eigenvalue weighted by atomic mass is 16.6. The second kappa shape index (κ2) is 12.0. The van der Waals surface area contributed by atoms with Crippen LogP contribution in [-0.4, -0.2) is 66.6 Å². The number of carboxylic acid groups (broad SMARTS) is 1. The van der Waals surface area contributed by atoms with Crippen LogP contribution in [0.2, 0.25) is 0 Å². The zero-order valence-corrected chi connectivity index (χ0v) is 13.8. The van der Waals surface area contributed by atoms with E-state index in [1.54, 1.807) is 6.92 Å². The fourth-order valence-corrected chi connectivity index (χ4v) is 1.59. The molecule has 0 aromatic heterocycles. The summed E-state index contributed by atoms with van der Waals surface area (Å²) in [6.45, 7) is 4.46. The van der Waals surface area contributed by atoms with Gasteiger partial charge < -0.3 is 24.4 Å². The van der Waals surface area contributed by atoms with E-state index in [0.29, 0.717) is 6.42 Å². The number of methoxy groups -OCH3 is 1. The largest absolute Gasteiger partial charge is 0.481 e. The molecular weight excluding hydrogens is 308 g/mol. The number of carbonyl (C=O) groups is 3. The molecule has 0 aliphatic carbocycles. The number of cyclic esters (lactones) is 1. The van der Waals surface area contributed by atoms with Crippen molar-refractivity contribution in [3.63, 3.8) is 0 Å². The van der Waals surface area contributed by atoms with Gasteiger partial charge in [-0.05, 0) is 13.3 Å². The Kier molecular flexibility index (Phi) is 11.2. The van der Waals surface area contributed by atoms with E-state index in [1.807, 2.05) is 6.92 Å². The molecule has 2 rings (SSSR count). The fraction of sp³-hybridized carbons (Fsp3) is 0.800. The Balaban J connectivity index is 0.000000318. The molecule has 0 amide bonds. The van der Waals surface area contributed by atoms with Gasteiger partial charge in [-0.2, -0.15) is 0 Å². The highest BCUT2D eigenvalue weighted by molar-refractivity contribution is 5.76. The summed E-state index contributed by atoms with van der Waals surface area (Å²) in [7, 11) is 1.52. The van der Waals surface area contributed by atoms with Gasteiger partial charge in [0.2, 0.25) is 0 Å². The number of hydrogen-bond acceptors (Lipinski definition) is 7. The van der Waals surface area contributed by atoms with Gasteiger partial charge in [-0.1, -0.05) is 6.92 Å². The molecule has 134 valence electrons. The topological polar surface area (TPSA) is 123 Å². The van der Waals surface area contributed by atoms with Crippen LogP contribution in [0.25, 0.3) is 0 Å². The molecule has 0 saturated carbocycles. The molecule has 0 radical (unpaired) electrons. The zero-order chi connectivity index (χ0) is 17.8. The maximum absolute atomic E-state index is 10.2. The van der Waals surface area contributed by atoms with E-state index < -0.39 is 12.1 Å².